The fraction of sp³-hybridized carbons (Fsp3) is 0.393. The molecule has 0 fully saturated rings. The van der Waals surface area contributed by atoms with E-state index in [1.54, 1.807) is 4.68 Å². The van der Waals surface area contributed by atoms with Crippen LogP contribution in [0, 0.1) is 6.92 Å². The largest absolute Gasteiger partial charge is 0.322 e. The molecule has 0 saturated carbocycles. The highest BCUT2D eigenvalue weighted by atomic mass is 16.2. The number of rotatable bonds is 7. The molecule has 3 rings (SSSR count). The summed E-state index contributed by atoms with van der Waals surface area (Å²) in [4.78, 5) is 27.3. The summed E-state index contributed by atoms with van der Waals surface area (Å²) < 4.78 is 1.74. The van der Waals surface area contributed by atoms with Crippen LogP contribution in [-0.2, 0) is 10.2 Å². The first kappa shape index (κ1) is 26.0. The molecule has 0 aliphatic heterocycles. The van der Waals surface area contributed by atoms with Crippen molar-refractivity contribution in [1.82, 2.24) is 14.7 Å². The van der Waals surface area contributed by atoms with E-state index in [2.05, 4.69) is 45.3 Å². The molecule has 7 nitrogen and oxygen atoms in total. The van der Waals surface area contributed by atoms with Gasteiger partial charge in [-0.2, -0.15) is 5.10 Å². The molecule has 1 aromatic heterocycles. The third kappa shape index (κ3) is 6.72. The van der Waals surface area contributed by atoms with E-state index in [4.69, 9.17) is 5.10 Å². The van der Waals surface area contributed by atoms with E-state index in [0.29, 0.717) is 24.0 Å². The molecule has 0 saturated heterocycles. The van der Waals surface area contributed by atoms with E-state index >= 15 is 0 Å². The zero-order valence-electron chi connectivity index (χ0n) is 21.8. The molecule has 2 aromatic carbocycles. The van der Waals surface area contributed by atoms with Crippen LogP contribution >= 0.6 is 0 Å². The summed E-state index contributed by atoms with van der Waals surface area (Å²) in [6, 6.07) is 17.3. The molecular weight excluding hydrogens is 438 g/mol. The van der Waals surface area contributed by atoms with Gasteiger partial charge in [0, 0.05) is 23.7 Å². The van der Waals surface area contributed by atoms with Crippen molar-refractivity contribution < 1.29 is 9.59 Å². The molecule has 0 bridgehead atoms. The molecule has 0 aliphatic rings. The van der Waals surface area contributed by atoms with E-state index < -0.39 is 0 Å². The maximum absolute atomic E-state index is 13.0. The van der Waals surface area contributed by atoms with Crippen LogP contribution < -0.4 is 10.6 Å². The Morgan fingerprint density at radius 2 is 1.63 bits per heavy atom. The third-order valence-corrected chi connectivity index (χ3v) is 5.86. The zero-order valence-corrected chi connectivity index (χ0v) is 21.8. The fourth-order valence-electron chi connectivity index (χ4n) is 3.56. The van der Waals surface area contributed by atoms with Crippen molar-refractivity contribution in [3.05, 3.63) is 71.4 Å². The highest BCUT2D eigenvalue weighted by Gasteiger charge is 2.23. The average molecular weight is 476 g/mol. The van der Waals surface area contributed by atoms with Crippen molar-refractivity contribution >= 4 is 23.4 Å². The van der Waals surface area contributed by atoms with Crippen molar-refractivity contribution in [1.29, 1.82) is 0 Å². The first-order valence-corrected chi connectivity index (χ1v) is 12.1. The normalized spacial score (nSPS) is 11.4. The SMILES string of the molecule is CCN(CC(=O)Nc1cc(C(C)(C)C)nn1-c1ccc(C)cc1)C(=O)Nc1ccc(C(C)C)cc1. The molecule has 0 unspecified atom stereocenters. The van der Waals surface area contributed by atoms with Gasteiger partial charge in [0.2, 0.25) is 5.91 Å². The molecule has 0 aliphatic carbocycles. The molecule has 0 atom stereocenters. The molecule has 3 aromatic rings. The van der Waals surface area contributed by atoms with Gasteiger partial charge >= 0.3 is 6.03 Å². The number of urea groups is 1. The molecule has 1 heterocycles. The lowest BCUT2D eigenvalue weighted by molar-refractivity contribution is -0.116. The second-order valence-electron chi connectivity index (χ2n) is 10.2. The summed E-state index contributed by atoms with van der Waals surface area (Å²) in [6.07, 6.45) is 0. The summed E-state index contributed by atoms with van der Waals surface area (Å²) in [5, 5.41) is 10.6. The minimum absolute atomic E-state index is 0.0731. The topological polar surface area (TPSA) is 79.3 Å². The van der Waals surface area contributed by atoms with Crippen molar-refractivity contribution in [2.75, 3.05) is 23.7 Å². The van der Waals surface area contributed by atoms with E-state index in [9.17, 15) is 9.59 Å². The predicted octanol–water partition coefficient (Wildman–Crippen LogP) is 6.09. The Morgan fingerprint density at radius 1 is 1.00 bits per heavy atom. The number of amides is 3. The molecule has 3 amide bonds. The monoisotopic (exact) mass is 475 g/mol. The van der Waals surface area contributed by atoms with Crippen LogP contribution in [0.1, 0.15) is 64.3 Å². The van der Waals surface area contributed by atoms with Crippen LogP contribution in [0.2, 0.25) is 0 Å². The summed E-state index contributed by atoms with van der Waals surface area (Å²) in [5.74, 6) is 0.707. The van der Waals surface area contributed by atoms with Crippen LogP contribution in [0.15, 0.2) is 54.6 Å². The second kappa shape index (κ2) is 10.8. The van der Waals surface area contributed by atoms with Gasteiger partial charge in [0.1, 0.15) is 12.4 Å². The number of hydrogen-bond acceptors (Lipinski definition) is 3. The minimum Gasteiger partial charge on any atom is -0.315 e. The fourth-order valence-corrected chi connectivity index (χ4v) is 3.56. The maximum Gasteiger partial charge on any atom is 0.322 e. The van der Waals surface area contributed by atoms with Gasteiger partial charge in [-0.1, -0.05) is 64.4 Å². The summed E-state index contributed by atoms with van der Waals surface area (Å²) >= 11 is 0. The van der Waals surface area contributed by atoms with Crippen molar-refractivity contribution in [3.63, 3.8) is 0 Å². The van der Waals surface area contributed by atoms with Crippen LogP contribution in [0.4, 0.5) is 16.3 Å². The number of carbonyl (C=O) groups is 2. The number of aryl methyl sites for hydroxylation is 1. The van der Waals surface area contributed by atoms with Gasteiger partial charge in [0.05, 0.1) is 11.4 Å². The Bertz CT molecular complexity index is 1160. The van der Waals surface area contributed by atoms with E-state index in [0.717, 1.165) is 16.9 Å². The summed E-state index contributed by atoms with van der Waals surface area (Å²) in [5.41, 5.74) is 4.58. The quantitative estimate of drug-likeness (QED) is 0.434. The Kier molecular flexibility index (Phi) is 7.99. The molecule has 2 N–H and O–H groups in total. The lowest BCUT2D eigenvalue weighted by Crippen LogP contribution is -2.40. The average Bonchev–Trinajstić information content (AvgIpc) is 3.22. The number of likely N-dealkylation sites (N-methyl/N-ethyl adjacent to an activating group) is 1. The highest BCUT2D eigenvalue weighted by molar-refractivity contribution is 5.96. The van der Waals surface area contributed by atoms with Gasteiger partial charge in [-0.25, -0.2) is 9.48 Å². The van der Waals surface area contributed by atoms with Crippen LogP contribution in [0.25, 0.3) is 5.69 Å². The van der Waals surface area contributed by atoms with Crippen LogP contribution in [-0.4, -0.2) is 39.7 Å². The van der Waals surface area contributed by atoms with Gasteiger partial charge in [-0.05, 0) is 49.6 Å². The number of nitrogens with zero attached hydrogens (tertiary/aromatic N) is 3. The Hall–Kier alpha value is -3.61. The lowest BCUT2D eigenvalue weighted by atomic mass is 9.92. The van der Waals surface area contributed by atoms with E-state index in [1.165, 1.54) is 10.5 Å². The van der Waals surface area contributed by atoms with E-state index in [1.807, 2.05) is 68.4 Å². The number of aromatic nitrogens is 2. The number of anilines is 2. The molecule has 35 heavy (non-hydrogen) atoms. The van der Waals surface area contributed by atoms with Crippen LogP contribution in [0.3, 0.4) is 0 Å². The number of nitrogens with one attached hydrogen (secondary N) is 2. The minimum atomic E-state index is -0.317. The molecule has 0 spiro atoms. The molecule has 0 radical (unpaired) electrons. The number of carbonyl (C=O) groups excluding carboxylic acids is 2. The lowest BCUT2D eigenvalue weighted by Gasteiger charge is -2.21. The Morgan fingerprint density at radius 3 is 2.17 bits per heavy atom. The van der Waals surface area contributed by atoms with Gasteiger partial charge in [0.25, 0.3) is 0 Å². The van der Waals surface area contributed by atoms with Gasteiger partial charge in [-0.15, -0.1) is 0 Å². The number of benzene rings is 2. The second-order valence-corrected chi connectivity index (χ2v) is 10.2. The van der Waals surface area contributed by atoms with E-state index in [-0.39, 0.29) is 23.9 Å². The van der Waals surface area contributed by atoms with Crippen molar-refractivity contribution in [2.24, 2.45) is 0 Å². The predicted molar refractivity (Wildman–Crippen MR) is 142 cm³/mol. The maximum atomic E-state index is 13.0. The van der Waals surface area contributed by atoms with Gasteiger partial charge in [-0.3, -0.25) is 4.79 Å². The molecule has 7 heteroatoms. The third-order valence-electron chi connectivity index (χ3n) is 5.86. The van der Waals surface area contributed by atoms with Gasteiger partial charge in [0.15, 0.2) is 0 Å². The highest BCUT2D eigenvalue weighted by Crippen LogP contribution is 2.26. The number of hydrogen-bond donors (Lipinski definition) is 2. The van der Waals surface area contributed by atoms with Crippen LogP contribution in [0.5, 0.6) is 0 Å². The Balaban J connectivity index is 1.73. The standard InChI is InChI=1S/C28H37N5O2/c1-8-32(27(35)29-22-13-11-21(12-14-22)19(2)3)18-26(34)30-25-17-24(28(5,6)7)31-33(25)23-15-9-20(4)10-16-23/h9-17,19H,8,18H2,1-7H3,(H,29,35)(H,30,34). The Labute approximate surface area is 208 Å². The van der Waals surface area contributed by atoms with Gasteiger partial charge < -0.3 is 15.5 Å². The van der Waals surface area contributed by atoms with Crippen molar-refractivity contribution in [3.8, 4) is 5.69 Å². The first-order chi connectivity index (χ1) is 16.5. The van der Waals surface area contributed by atoms with Crippen molar-refractivity contribution in [2.45, 2.75) is 59.8 Å². The molecule has 186 valence electrons. The molecular formula is C28H37N5O2. The zero-order chi connectivity index (χ0) is 25.8. The summed E-state index contributed by atoms with van der Waals surface area (Å²) in [7, 11) is 0. The summed E-state index contributed by atoms with van der Waals surface area (Å²) in [6.45, 7) is 14.7. The smallest absolute Gasteiger partial charge is 0.315 e. The first-order valence-electron chi connectivity index (χ1n) is 12.1.